The van der Waals surface area contributed by atoms with E-state index in [0.29, 0.717) is 21.9 Å². The van der Waals surface area contributed by atoms with Crippen LogP contribution in [-0.4, -0.2) is 40.7 Å². The van der Waals surface area contributed by atoms with Crippen LogP contribution in [0.2, 0.25) is 0 Å². The van der Waals surface area contributed by atoms with Gasteiger partial charge < -0.3 is 5.11 Å². The molecule has 1 saturated carbocycles. The standard InChI is InChI=1S/C12H10N6O2S/c19-11(20)9-10(13-8-3-1-2-6-17(8)9)21-12-14-15-16-18(12)7-4-5-7/h1-3,6-7H,4-5H2,(H,19,20). The zero-order valence-corrected chi connectivity index (χ0v) is 11.6. The topological polar surface area (TPSA) is 98.2 Å². The van der Waals surface area contributed by atoms with E-state index in [-0.39, 0.29) is 5.69 Å². The maximum atomic E-state index is 11.5. The van der Waals surface area contributed by atoms with Crippen molar-refractivity contribution < 1.29 is 9.90 Å². The third-order valence-electron chi connectivity index (χ3n) is 3.24. The summed E-state index contributed by atoms with van der Waals surface area (Å²) < 4.78 is 3.29. The third-order valence-corrected chi connectivity index (χ3v) is 4.17. The zero-order chi connectivity index (χ0) is 14.4. The Balaban J connectivity index is 1.80. The number of carboxylic acids is 1. The van der Waals surface area contributed by atoms with Gasteiger partial charge in [0, 0.05) is 6.20 Å². The number of fused-ring (bicyclic) bond motifs is 1. The summed E-state index contributed by atoms with van der Waals surface area (Å²) in [5.41, 5.74) is 0.712. The highest BCUT2D eigenvalue weighted by atomic mass is 32.2. The summed E-state index contributed by atoms with van der Waals surface area (Å²) in [4.78, 5) is 15.9. The van der Waals surface area contributed by atoms with Crippen LogP contribution in [0.15, 0.2) is 34.6 Å². The highest BCUT2D eigenvalue weighted by Gasteiger charge is 2.29. The lowest BCUT2D eigenvalue weighted by atomic mass is 10.4. The van der Waals surface area contributed by atoms with Crippen molar-refractivity contribution in [3.63, 3.8) is 0 Å². The van der Waals surface area contributed by atoms with E-state index in [2.05, 4.69) is 20.5 Å². The highest BCUT2D eigenvalue weighted by Crippen LogP contribution is 2.38. The van der Waals surface area contributed by atoms with Crippen molar-refractivity contribution in [3.05, 3.63) is 30.1 Å². The Morgan fingerprint density at radius 2 is 2.24 bits per heavy atom. The monoisotopic (exact) mass is 302 g/mol. The maximum absolute atomic E-state index is 11.5. The fraction of sp³-hybridized carbons (Fsp3) is 0.250. The Morgan fingerprint density at radius 1 is 1.38 bits per heavy atom. The largest absolute Gasteiger partial charge is 0.476 e. The molecule has 0 unspecified atom stereocenters. The van der Waals surface area contributed by atoms with Crippen LogP contribution >= 0.6 is 11.8 Å². The van der Waals surface area contributed by atoms with Crippen molar-refractivity contribution in [3.8, 4) is 0 Å². The molecule has 1 fully saturated rings. The molecule has 1 aliphatic carbocycles. The van der Waals surface area contributed by atoms with Crippen molar-refractivity contribution >= 4 is 23.4 Å². The van der Waals surface area contributed by atoms with Gasteiger partial charge in [0.15, 0.2) is 5.69 Å². The fourth-order valence-corrected chi connectivity index (χ4v) is 3.08. The Morgan fingerprint density at radius 3 is 3.00 bits per heavy atom. The Bertz CT molecular complexity index is 837. The van der Waals surface area contributed by atoms with Gasteiger partial charge in [-0.15, -0.1) is 5.10 Å². The van der Waals surface area contributed by atoms with Gasteiger partial charge in [-0.2, -0.15) is 0 Å². The number of hydrogen-bond acceptors (Lipinski definition) is 6. The average molecular weight is 302 g/mol. The van der Waals surface area contributed by atoms with Crippen LogP contribution in [0.25, 0.3) is 5.65 Å². The van der Waals surface area contributed by atoms with Crippen molar-refractivity contribution in [2.45, 2.75) is 29.1 Å². The number of aromatic carboxylic acids is 1. The molecule has 21 heavy (non-hydrogen) atoms. The molecule has 4 rings (SSSR count). The summed E-state index contributed by atoms with van der Waals surface area (Å²) in [5, 5.41) is 22.0. The third kappa shape index (κ3) is 2.05. The molecule has 0 saturated heterocycles. The van der Waals surface area contributed by atoms with Crippen molar-refractivity contribution in [2.24, 2.45) is 0 Å². The highest BCUT2D eigenvalue weighted by molar-refractivity contribution is 7.99. The number of rotatable bonds is 4. The number of tetrazole rings is 1. The van der Waals surface area contributed by atoms with Crippen LogP contribution in [0, 0.1) is 0 Å². The van der Waals surface area contributed by atoms with Gasteiger partial charge in [0.2, 0.25) is 5.16 Å². The van der Waals surface area contributed by atoms with Crippen molar-refractivity contribution in [1.29, 1.82) is 0 Å². The van der Waals surface area contributed by atoms with E-state index < -0.39 is 5.97 Å². The zero-order valence-electron chi connectivity index (χ0n) is 10.7. The molecular formula is C12H10N6O2S. The van der Waals surface area contributed by atoms with Gasteiger partial charge in [-0.3, -0.25) is 4.40 Å². The predicted molar refractivity (Wildman–Crippen MR) is 72.4 cm³/mol. The summed E-state index contributed by atoms with van der Waals surface area (Å²) in [6, 6.07) is 5.67. The maximum Gasteiger partial charge on any atom is 0.355 e. The Kier molecular flexibility index (Phi) is 2.67. The number of aromatic nitrogens is 6. The predicted octanol–water partition coefficient (Wildman–Crippen LogP) is 1.51. The average Bonchev–Trinajstić information content (AvgIpc) is 3.09. The molecule has 0 amide bonds. The van der Waals surface area contributed by atoms with Gasteiger partial charge >= 0.3 is 5.97 Å². The minimum absolute atomic E-state index is 0.126. The van der Waals surface area contributed by atoms with E-state index in [1.165, 1.54) is 11.8 Å². The van der Waals surface area contributed by atoms with Gasteiger partial charge in [0.25, 0.3) is 0 Å². The Hall–Kier alpha value is -2.42. The molecule has 0 atom stereocenters. The minimum atomic E-state index is -1.03. The molecule has 106 valence electrons. The van der Waals surface area contributed by atoms with E-state index in [0.717, 1.165) is 12.8 Å². The van der Waals surface area contributed by atoms with Crippen LogP contribution in [0.4, 0.5) is 0 Å². The van der Waals surface area contributed by atoms with Crippen LogP contribution in [0.1, 0.15) is 29.4 Å². The van der Waals surface area contributed by atoms with Gasteiger partial charge in [0.05, 0.1) is 6.04 Å². The number of carboxylic acid groups (broad SMARTS) is 1. The molecular weight excluding hydrogens is 292 g/mol. The summed E-state index contributed by atoms with van der Waals surface area (Å²) in [5.74, 6) is -1.03. The first-order valence-corrected chi connectivity index (χ1v) is 7.22. The van der Waals surface area contributed by atoms with Crippen LogP contribution in [0.5, 0.6) is 0 Å². The van der Waals surface area contributed by atoms with Gasteiger partial charge in [-0.05, 0) is 47.2 Å². The first-order valence-electron chi connectivity index (χ1n) is 6.40. The SMILES string of the molecule is O=C(O)c1c(Sc2nnnn2C2CC2)nc2ccccn12. The second-order valence-corrected chi connectivity index (χ2v) is 5.69. The molecule has 8 nitrogen and oxygen atoms in total. The molecule has 0 aliphatic heterocycles. The molecule has 3 aromatic heterocycles. The van der Waals surface area contributed by atoms with Crippen LogP contribution < -0.4 is 0 Å². The molecule has 0 aromatic carbocycles. The first kappa shape index (κ1) is 12.3. The molecule has 1 aliphatic rings. The van der Waals surface area contributed by atoms with Crippen molar-refractivity contribution in [2.75, 3.05) is 0 Å². The lowest BCUT2D eigenvalue weighted by molar-refractivity contribution is 0.0685. The smallest absolute Gasteiger partial charge is 0.355 e. The Labute approximate surface area is 122 Å². The molecule has 0 bridgehead atoms. The number of nitrogens with zero attached hydrogens (tertiary/aromatic N) is 6. The van der Waals surface area contributed by atoms with E-state index in [4.69, 9.17) is 0 Å². The van der Waals surface area contributed by atoms with Crippen LogP contribution in [-0.2, 0) is 0 Å². The van der Waals surface area contributed by atoms with Crippen molar-refractivity contribution in [1.82, 2.24) is 29.6 Å². The fourth-order valence-electron chi connectivity index (χ4n) is 2.13. The lowest BCUT2D eigenvalue weighted by Gasteiger charge is -2.01. The van der Waals surface area contributed by atoms with E-state index in [1.807, 2.05) is 6.07 Å². The quantitative estimate of drug-likeness (QED) is 0.779. The summed E-state index contributed by atoms with van der Waals surface area (Å²) in [7, 11) is 0. The number of hydrogen-bond donors (Lipinski definition) is 1. The lowest BCUT2D eigenvalue weighted by Crippen LogP contribution is -2.04. The molecule has 3 aromatic rings. The second kappa shape index (κ2) is 4.55. The number of carbonyl (C=O) groups is 1. The normalized spacial score (nSPS) is 14.7. The van der Waals surface area contributed by atoms with Gasteiger partial charge in [-0.1, -0.05) is 6.07 Å². The molecule has 1 N–H and O–H groups in total. The summed E-state index contributed by atoms with van der Waals surface area (Å²) in [6.45, 7) is 0. The van der Waals surface area contributed by atoms with Gasteiger partial charge in [0.1, 0.15) is 10.7 Å². The molecule has 0 spiro atoms. The van der Waals surface area contributed by atoms with E-state index >= 15 is 0 Å². The molecule has 9 heteroatoms. The minimum Gasteiger partial charge on any atom is -0.476 e. The molecule has 0 radical (unpaired) electrons. The number of pyridine rings is 1. The van der Waals surface area contributed by atoms with Crippen LogP contribution in [0.3, 0.4) is 0 Å². The summed E-state index contributed by atoms with van der Waals surface area (Å²) in [6.07, 6.45) is 3.78. The van der Waals surface area contributed by atoms with Gasteiger partial charge in [-0.25, -0.2) is 14.5 Å². The number of imidazole rings is 1. The summed E-state index contributed by atoms with van der Waals surface area (Å²) >= 11 is 1.18. The van der Waals surface area contributed by atoms with E-state index in [9.17, 15) is 9.90 Å². The first-order chi connectivity index (χ1) is 10.2. The molecule has 3 heterocycles. The van der Waals surface area contributed by atoms with E-state index in [1.54, 1.807) is 27.4 Å². The second-order valence-electron chi connectivity index (χ2n) is 4.74.